The highest BCUT2D eigenvalue weighted by Crippen LogP contribution is 2.36. The molecule has 0 atom stereocenters. The van der Waals surface area contributed by atoms with Gasteiger partial charge in [0.15, 0.2) is 0 Å². The molecule has 9 heteroatoms. The van der Waals surface area contributed by atoms with Crippen LogP contribution >= 0.6 is 0 Å². The Morgan fingerprint density at radius 2 is 1.90 bits per heavy atom. The number of aromatic nitrogens is 1. The van der Waals surface area contributed by atoms with Gasteiger partial charge in [0.1, 0.15) is 11.8 Å². The number of nitrogens with zero attached hydrogens (tertiary/aromatic N) is 2. The first-order valence-electron chi connectivity index (χ1n) is 8.83. The molecule has 152 valence electrons. The van der Waals surface area contributed by atoms with Crippen LogP contribution in [0.15, 0.2) is 42.5 Å². The second kappa shape index (κ2) is 8.09. The maximum Gasteiger partial charge on any atom is 0.387 e. The number of sulfonamides is 1. The summed E-state index contributed by atoms with van der Waals surface area (Å²) < 4.78 is 56.8. The van der Waals surface area contributed by atoms with E-state index >= 15 is 0 Å². The number of fused-ring (bicyclic) bond motifs is 1. The van der Waals surface area contributed by atoms with Gasteiger partial charge in [-0.1, -0.05) is 19.1 Å². The number of hydrogen-bond donors (Lipinski definition) is 1. The molecule has 1 aromatic heterocycles. The molecule has 3 aromatic rings. The van der Waals surface area contributed by atoms with E-state index in [1.54, 1.807) is 30.3 Å². The Morgan fingerprint density at radius 1 is 1.21 bits per heavy atom. The lowest BCUT2D eigenvalue weighted by atomic mass is 10.1. The second-order valence-electron chi connectivity index (χ2n) is 6.50. The molecule has 1 heterocycles. The molecule has 0 aliphatic carbocycles. The van der Waals surface area contributed by atoms with Gasteiger partial charge in [0.2, 0.25) is 10.0 Å². The lowest BCUT2D eigenvalue weighted by molar-refractivity contribution is -0.0497. The summed E-state index contributed by atoms with van der Waals surface area (Å²) >= 11 is 0. The maximum absolute atomic E-state index is 12.6. The SMILES string of the molecule is CCCn1c(-c2ccc(NS(C)(=O)=O)cc2)c(C#N)c2ccc(OC(F)F)cc21. The molecule has 0 unspecified atom stereocenters. The molecule has 0 bridgehead atoms. The fraction of sp³-hybridized carbons (Fsp3) is 0.250. The van der Waals surface area contributed by atoms with Gasteiger partial charge in [0.25, 0.3) is 0 Å². The van der Waals surface area contributed by atoms with Gasteiger partial charge in [-0.3, -0.25) is 4.72 Å². The Balaban J connectivity index is 2.18. The molecule has 0 aliphatic heterocycles. The van der Waals surface area contributed by atoms with Crippen molar-refractivity contribution in [1.82, 2.24) is 4.57 Å². The molecule has 0 aliphatic rings. The molecule has 0 amide bonds. The monoisotopic (exact) mass is 419 g/mol. The predicted molar refractivity (Wildman–Crippen MR) is 107 cm³/mol. The molecule has 0 saturated carbocycles. The van der Waals surface area contributed by atoms with E-state index in [1.165, 1.54) is 12.1 Å². The molecule has 29 heavy (non-hydrogen) atoms. The molecule has 1 N–H and O–H groups in total. The van der Waals surface area contributed by atoms with Crippen LogP contribution in [-0.4, -0.2) is 25.9 Å². The molecule has 6 nitrogen and oxygen atoms in total. The van der Waals surface area contributed by atoms with Crippen molar-refractivity contribution < 1.29 is 21.9 Å². The van der Waals surface area contributed by atoms with Gasteiger partial charge in [-0.25, -0.2) is 8.42 Å². The van der Waals surface area contributed by atoms with Crippen LogP contribution in [0.1, 0.15) is 18.9 Å². The van der Waals surface area contributed by atoms with E-state index in [-0.39, 0.29) is 5.75 Å². The van der Waals surface area contributed by atoms with Crippen molar-refractivity contribution >= 4 is 26.6 Å². The van der Waals surface area contributed by atoms with Gasteiger partial charge < -0.3 is 9.30 Å². The number of benzene rings is 2. The van der Waals surface area contributed by atoms with Gasteiger partial charge >= 0.3 is 6.61 Å². The largest absolute Gasteiger partial charge is 0.435 e. The summed E-state index contributed by atoms with van der Waals surface area (Å²) in [5, 5.41) is 10.4. The minimum absolute atomic E-state index is 0.0195. The quantitative estimate of drug-likeness (QED) is 0.608. The van der Waals surface area contributed by atoms with Gasteiger partial charge in [-0.15, -0.1) is 0 Å². The van der Waals surface area contributed by atoms with Crippen LogP contribution in [0.2, 0.25) is 0 Å². The predicted octanol–water partition coefficient (Wildman–Crippen LogP) is 4.56. The Labute approximate surface area is 167 Å². The third-order valence-electron chi connectivity index (χ3n) is 4.28. The summed E-state index contributed by atoms with van der Waals surface area (Å²) in [5.41, 5.74) is 2.79. The van der Waals surface area contributed by atoms with Crippen LogP contribution in [0.4, 0.5) is 14.5 Å². The lowest BCUT2D eigenvalue weighted by Gasteiger charge is -2.12. The summed E-state index contributed by atoms with van der Waals surface area (Å²) in [6, 6.07) is 13.4. The molecular formula is C20H19F2N3O3S. The Bertz CT molecular complexity index is 1180. The lowest BCUT2D eigenvalue weighted by Crippen LogP contribution is -2.09. The van der Waals surface area contributed by atoms with Crippen molar-refractivity contribution in [3.63, 3.8) is 0 Å². The van der Waals surface area contributed by atoms with Gasteiger partial charge in [-0.05, 0) is 36.2 Å². The summed E-state index contributed by atoms with van der Waals surface area (Å²) in [6.07, 6.45) is 1.82. The zero-order valence-electron chi connectivity index (χ0n) is 15.8. The summed E-state index contributed by atoms with van der Waals surface area (Å²) in [5.74, 6) is 0.0195. The number of hydrogen-bond acceptors (Lipinski definition) is 4. The van der Waals surface area contributed by atoms with Gasteiger partial charge in [0.05, 0.1) is 23.0 Å². The smallest absolute Gasteiger partial charge is 0.387 e. The summed E-state index contributed by atoms with van der Waals surface area (Å²) in [7, 11) is -3.40. The minimum Gasteiger partial charge on any atom is -0.435 e. The number of nitrogens with one attached hydrogen (secondary N) is 1. The molecule has 0 fully saturated rings. The Kier molecular flexibility index (Phi) is 5.75. The summed E-state index contributed by atoms with van der Waals surface area (Å²) in [6.45, 7) is -0.401. The van der Waals surface area contributed by atoms with Gasteiger partial charge in [-0.2, -0.15) is 14.0 Å². The topological polar surface area (TPSA) is 84.1 Å². The maximum atomic E-state index is 12.6. The van der Waals surface area contributed by atoms with Crippen molar-refractivity contribution in [2.24, 2.45) is 0 Å². The number of alkyl halides is 2. The van der Waals surface area contributed by atoms with Crippen LogP contribution in [0, 0.1) is 11.3 Å². The molecule has 0 saturated heterocycles. The van der Waals surface area contributed by atoms with Crippen LogP contribution < -0.4 is 9.46 Å². The first-order valence-corrected chi connectivity index (χ1v) is 10.7. The molecule has 0 radical (unpaired) electrons. The summed E-state index contributed by atoms with van der Waals surface area (Å²) in [4.78, 5) is 0. The number of halogens is 2. The molecule has 0 spiro atoms. The molecule has 3 rings (SSSR count). The third kappa shape index (κ3) is 4.49. The normalized spacial score (nSPS) is 11.6. The van der Waals surface area contributed by atoms with E-state index in [0.717, 1.165) is 12.7 Å². The number of rotatable bonds is 7. The highest BCUT2D eigenvalue weighted by molar-refractivity contribution is 7.92. The van der Waals surface area contributed by atoms with Crippen LogP contribution in [-0.2, 0) is 16.6 Å². The van der Waals surface area contributed by atoms with E-state index in [1.807, 2.05) is 11.5 Å². The number of nitriles is 1. The van der Waals surface area contributed by atoms with Crippen molar-refractivity contribution in [1.29, 1.82) is 5.26 Å². The number of ether oxygens (including phenoxy) is 1. The number of aryl methyl sites for hydroxylation is 1. The van der Waals surface area contributed by atoms with Crippen molar-refractivity contribution in [2.45, 2.75) is 26.5 Å². The standard InChI is InChI=1S/C20H19F2N3O3S/c1-3-10-25-18-11-15(28-20(21)22)8-9-16(18)17(12-23)19(25)13-4-6-14(7-5-13)24-29(2,26)27/h4-9,11,20,24H,3,10H2,1-2H3. The first-order chi connectivity index (χ1) is 13.7. The third-order valence-corrected chi connectivity index (χ3v) is 4.89. The fourth-order valence-corrected chi connectivity index (χ4v) is 3.85. The van der Waals surface area contributed by atoms with E-state index < -0.39 is 16.6 Å². The van der Waals surface area contributed by atoms with Crippen molar-refractivity contribution in [3.8, 4) is 23.1 Å². The van der Waals surface area contributed by atoms with E-state index in [9.17, 15) is 22.5 Å². The average Bonchev–Trinajstić information content (AvgIpc) is 2.94. The number of anilines is 1. The van der Waals surface area contributed by atoms with E-state index in [4.69, 9.17) is 0 Å². The van der Waals surface area contributed by atoms with Crippen molar-refractivity contribution in [2.75, 3.05) is 11.0 Å². The highest BCUT2D eigenvalue weighted by Gasteiger charge is 2.19. The van der Waals surface area contributed by atoms with Crippen LogP contribution in [0.25, 0.3) is 22.2 Å². The Morgan fingerprint density at radius 3 is 2.45 bits per heavy atom. The Hall–Kier alpha value is -3.12. The van der Waals surface area contributed by atoms with Gasteiger partial charge in [0, 0.05) is 23.7 Å². The van der Waals surface area contributed by atoms with E-state index in [0.29, 0.717) is 40.0 Å². The average molecular weight is 419 g/mol. The van der Waals surface area contributed by atoms with Crippen LogP contribution in [0.5, 0.6) is 5.75 Å². The highest BCUT2D eigenvalue weighted by atomic mass is 32.2. The zero-order valence-corrected chi connectivity index (χ0v) is 16.6. The second-order valence-corrected chi connectivity index (χ2v) is 8.24. The molecular weight excluding hydrogens is 400 g/mol. The van der Waals surface area contributed by atoms with Crippen molar-refractivity contribution in [3.05, 3.63) is 48.0 Å². The zero-order chi connectivity index (χ0) is 21.2. The molecule has 2 aromatic carbocycles. The van der Waals surface area contributed by atoms with E-state index in [2.05, 4.69) is 15.5 Å². The first kappa shape index (κ1) is 20.6. The minimum atomic E-state index is -3.40. The van der Waals surface area contributed by atoms with Crippen LogP contribution in [0.3, 0.4) is 0 Å². The fourth-order valence-electron chi connectivity index (χ4n) is 3.28.